The SMILES string of the molecule is CC(C(=O)NCCc1cnc[nH]1)c1cccc(N)c1. The molecule has 1 atom stereocenters. The molecule has 5 nitrogen and oxygen atoms in total. The third-order valence-electron chi connectivity index (χ3n) is 3.05. The molecule has 4 N–H and O–H groups in total. The molecule has 100 valence electrons. The predicted octanol–water partition coefficient (Wildman–Crippen LogP) is 1.45. The molecule has 1 heterocycles. The van der Waals surface area contributed by atoms with E-state index >= 15 is 0 Å². The van der Waals surface area contributed by atoms with Gasteiger partial charge in [-0.15, -0.1) is 0 Å². The van der Waals surface area contributed by atoms with Crippen molar-refractivity contribution in [2.45, 2.75) is 19.3 Å². The van der Waals surface area contributed by atoms with Gasteiger partial charge in [-0.1, -0.05) is 12.1 Å². The molecule has 19 heavy (non-hydrogen) atoms. The quantitative estimate of drug-likeness (QED) is 0.710. The summed E-state index contributed by atoms with van der Waals surface area (Å²) in [6.45, 7) is 2.47. The molecule has 5 heteroatoms. The fraction of sp³-hybridized carbons (Fsp3) is 0.286. The molecule has 0 saturated heterocycles. The molecule has 0 radical (unpaired) electrons. The molecular weight excluding hydrogens is 240 g/mol. The molecule has 0 fully saturated rings. The van der Waals surface area contributed by atoms with Crippen LogP contribution in [0.15, 0.2) is 36.8 Å². The Bertz CT molecular complexity index is 536. The van der Waals surface area contributed by atoms with Crippen LogP contribution >= 0.6 is 0 Å². The minimum atomic E-state index is -0.203. The third-order valence-corrected chi connectivity index (χ3v) is 3.05. The van der Waals surface area contributed by atoms with Gasteiger partial charge < -0.3 is 16.0 Å². The summed E-state index contributed by atoms with van der Waals surface area (Å²) in [5.74, 6) is -0.199. The van der Waals surface area contributed by atoms with Crippen LogP contribution in [0, 0.1) is 0 Å². The van der Waals surface area contributed by atoms with E-state index in [9.17, 15) is 4.79 Å². The Morgan fingerprint density at radius 1 is 1.53 bits per heavy atom. The maximum Gasteiger partial charge on any atom is 0.227 e. The van der Waals surface area contributed by atoms with Gasteiger partial charge >= 0.3 is 0 Å². The van der Waals surface area contributed by atoms with Crippen molar-refractivity contribution in [3.05, 3.63) is 48.0 Å². The first kappa shape index (κ1) is 13.1. The molecular formula is C14H18N4O. The number of nitrogens with one attached hydrogen (secondary N) is 2. The van der Waals surface area contributed by atoms with Gasteiger partial charge in [0.1, 0.15) is 0 Å². The Hall–Kier alpha value is -2.30. The van der Waals surface area contributed by atoms with E-state index < -0.39 is 0 Å². The fourth-order valence-electron chi connectivity index (χ4n) is 1.87. The smallest absolute Gasteiger partial charge is 0.227 e. The van der Waals surface area contributed by atoms with Gasteiger partial charge in [0.05, 0.1) is 12.2 Å². The molecule has 1 amide bonds. The number of hydrogen-bond acceptors (Lipinski definition) is 3. The fourth-order valence-corrected chi connectivity index (χ4v) is 1.87. The van der Waals surface area contributed by atoms with Crippen LogP contribution in [0.5, 0.6) is 0 Å². The van der Waals surface area contributed by atoms with Crippen molar-refractivity contribution >= 4 is 11.6 Å². The molecule has 2 rings (SSSR count). The zero-order valence-electron chi connectivity index (χ0n) is 10.9. The van der Waals surface area contributed by atoms with Gasteiger partial charge in [0.15, 0.2) is 0 Å². The number of hydrogen-bond donors (Lipinski definition) is 3. The Morgan fingerprint density at radius 3 is 3.05 bits per heavy atom. The number of H-pyrrole nitrogens is 1. The predicted molar refractivity (Wildman–Crippen MR) is 74.6 cm³/mol. The van der Waals surface area contributed by atoms with Crippen molar-refractivity contribution in [1.82, 2.24) is 15.3 Å². The summed E-state index contributed by atoms with van der Waals surface area (Å²) in [7, 11) is 0. The average molecular weight is 258 g/mol. The van der Waals surface area contributed by atoms with Crippen LogP contribution in [0.3, 0.4) is 0 Å². The van der Waals surface area contributed by atoms with Crippen LogP contribution in [0.4, 0.5) is 5.69 Å². The number of amides is 1. The Morgan fingerprint density at radius 2 is 2.37 bits per heavy atom. The molecule has 2 aromatic rings. The number of rotatable bonds is 5. The minimum Gasteiger partial charge on any atom is -0.399 e. The maximum atomic E-state index is 12.0. The van der Waals surface area contributed by atoms with Crippen LogP contribution < -0.4 is 11.1 Å². The van der Waals surface area contributed by atoms with Crippen molar-refractivity contribution in [3.8, 4) is 0 Å². The lowest BCUT2D eigenvalue weighted by molar-refractivity contribution is -0.122. The standard InChI is InChI=1S/C14H18N4O/c1-10(11-3-2-4-12(15)7-11)14(19)17-6-5-13-8-16-9-18-13/h2-4,7-10H,5-6,15H2,1H3,(H,16,18)(H,17,19). The second-order valence-electron chi connectivity index (χ2n) is 4.51. The van der Waals surface area contributed by atoms with Crippen LogP contribution in [0.1, 0.15) is 24.1 Å². The van der Waals surface area contributed by atoms with E-state index in [1.165, 1.54) is 0 Å². The lowest BCUT2D eigenvalue weighted by Gasteiger charge is -2.12. The first-order valence-electron chi connectivity index (χ1n) is 6.27. The summed E-state index contributed by atoms with van der Waals surface area (Å²) in [5, 5.41) is 2.91. The zero-order chi connectivity index (χ0) is 13.7. The van der Waals surface area contributed by atoms with Gasteiger partial charge in [0.2, 0.25) is 5.91 Å². The van der Waals surface area contributed by atoms with E-state index in [1.54, 1.807) is 12.5 Å². The van der Waals surface area contributed by atoms with Gasteiger partial charge in [-0.3, -0.25) is 4.79 Å². The first-order valence-corrected chi connectivity index (χ1v) is 6.27. The van der Waals surface area contributed by atoms with Crippen molar-refractivity contribution in [3.63, 3.8) is 0 Å². The summed E-state index contributed by atoms with van der Waals surface area (Å²) in [6, 6.07) is 7.42. The van der Waals surface area contributed by atoms with E-state index in [-0.39, 0.29) is 11.8 Å². The van der Waals surface area contributed by atoms with Gasteiger partial charge in [-0.2, -0.15) is 0 Å². The summed E-state index contributed by atoms with van der Waals surface area (Å²) < 4.78 is 0. The first-order chi connectivity index (χ1) is 9.16. The van der Waals surface area contributed by atoms with Crippen molar-refractivity contribution in [2.75, 3.05) is 12.3 Å². The highest BCUT2D eigenvalue weighted by atomic mass is 16.1. The number of imidazole rings is 1. The van der Waals surface area contributed by atoms with Crippen LogP contribution in [-0.2, 0) is 11.2 Å². The molecule has 0 aliphatic heterocycles. The Labute approximate surface area is 112 Å². The number of nitrogens with two attached hydrogens (primary N) is 1. The number of benzene rings is 1. The number of carbonyl (C=O) groups excluding carboxylic acids is 1. The molecule has 0 saturated carbocycles. The highest BCUT2D eigenvalue weighted by Gasteiger charge is 2.14. The average Bonchev–Trinajstić information content (AvgIpc) is 2.91. The number of anilines is 1. The molecule has 0 spiro atoms. The maximum absolute atomic E-state index is 12.0. The normalized spacial score (nSPS) is 12.1. The minimum absolute atomic E-state index is 0.00474. The Balaban J connectivity index is 1.85. The number of aromatic nitrogens is 2. The summed E-state index contributed by atoms with van der Waals surface area (Å²) in [5.41, 5.74) is 8.33. The summed E-state index contributed by atoms with van der Waals surface area (Å²) >= 11 is 0. The van der Waals surface area contributed by atoms with Crippen LogP contribution in [-0.4, -0.2) is 22.4 Å². The van der Waals surface area contributed by atoms with Crippen molar-refractivity contribution in [2.24, 2.45) is 0 Å². The topological polar surface area (TPSA) is 83.8 Å². The second kappa shape index (κ2) is 6.04. The highest BCUT2D eigenvalue weighted by Crippen LogP contribution is 2.17. The van der Waals surface area contributed by atoms with E-state index in [4.69, 9.17) is 5.73 Å². The van der Waals surface area contributed by atoms with E-state index in [0.717, 1.165) is 17.7 Å². The third kappa shape index (κ3) is 3.58. The monoisotopic (exact) mass is 258 g/mol. The van der Waals surface area contributed by atoms with Gasteiger partial charge in [-0.25, -0.2) is 4.98 Å². The van der Waals surface area contributed by atoms with Crippen LogP contribution in [0.25, 0.3) is 0 Å². The molecule has 1 aromatic heterocycles. The number of carbonyl (C=O) groups is 1. The molecule has 0 bridgehead atoms. The van der Waals surface area contributed by atoms with Crippen LogP contribution in [0.2, 0.25) is 0 Å². The number of nitrogen functional groups attached to an aromatic ring is 1. The largest absolute Gasteiger partial charge is 0.399 e. The van der Waals surface area contributed by atoms with Gasteiger partial charge in [-0.05, 0) is 24.6 Å². The van der Waals surface area contributed by atoms with E-state index in [0.29, 0.717) is 12.2 Å². The lowest BCUT2D eigenvalue weighted by atomic mass is 10.00. The van der Waals surface area contributed by atoms with Crippen molar-refractivity contribution in [1.29, 1.82) is 0 Å². The summed E-state index contributed by atoms with van der Waals surface area (Å²) in [6.07, 6.45) is 4.13. The molecule has 0 aliphatic rings. The lowest BCUT2D eigenvalue weighted by Crippen LogP contribution is -2.29. The molecule has 0 aliphatic carbocycles. The van der Waals surface area contributed by atoms with Gasteiger partial charge in [0, 0.05) is 30.5 Å². The van der Waals surface area contributed by atoms with Gasteiger partial charge in [0.25, 0.3) is 0 Å². The molecule has 1 aromatic carbocycles. The highest BCUT2D eigenvalue weighted by molar-refractivity contribution is 5.83. The van der Waals surface area contributed by atoms with Crippen molar-refractivity contribution < 1.29 is 4.79 Å². The molecule has 1 unspecified atom stereocenters. The van der Waals surface area contributed by atoms with E-state index in [1.807, 2.05) is 31.2 Å². The number of nitrogens with zero attached hydrogens (tertiary/aromatic N) is 1. The Kier molecular flexibility index (Phi) is 4.18. The second-order valence-corrected chi connectivity index (χ2v) is 4.51. The summed E-state index contributed by atoms with van der Waals surface area (Å²) in [4.78, 5) is 18.9. The number of aromatic amines is 1. The zero-order valence-corrected chi connectivity index (χ0v) is 10.9. The van der Waals surface area contributed by atoms with E-state index in [2.05, 4.69) is 15.3 Å².